The van der Waals surface area contributed by atoms with Crippen molar-refractivity contribution in [1.82, 2.24) is 5.32 Å². The summed E-state index contributed by atoms with van der Waals surface area (Å²) in [7, 11) is -3.72. The van der Waals surface area contributed by atoms with Crippen LogP contribution in [0.2, 0.25) is 0 Å². The van der Waals surface area contributed by atoms with Gasteiger partial charge in [0.2, 0.25) is 15.9 Å². The highest BCUT2D eigenvalue weighted by Crippen LogP contribution is 2.38. The average molecular weight is 446 g/mol. The first-order valence-corrected chi connectivity index (χ1v) is 11.5. The number of fused-ring (bicyclic) bond motifs is 1. The Morgan fingerprint density at radius 2 is 1.84 bits per heavy atom. The summed E-state index contributed by atoms with van der Waals surface area (Å²) < 4.78 is 28.4. The van der Waals surface area contributed by atoms with Gasteiger partial charge in [0.25, 0.3) is 5.91 Å². The maximum Gasteiger partial charge on any atom is 0.270 e. The van der Waals surface area contributed by atoms with E-state index < -0.39 is 15.6 Å². The lowest BCUT2D eigenvalue weighted by Gasteiger charge is -2.38. The molecule has 0 fully saturated rings. The third-order valence-corrected chi connectivity index (χ3v) is 6.01. The summed E-state index contributed by atoms with van der Waals surface area (Å²) in [5.74, 6) is 0.263. The molecule has 0 spiro atoms. The molecule has 3 N–H and O–H groups in total. The molecule has 1 heterocycles. The van der Waals surface area contributed by atoms with E-state index in [0.717, 1.165) is 11.1 Å². The van der Waals surface area contributed by atoms with Crippen LogP contribution in [0.3, 0.4) is 0 Å². The lowest BCUT2D eigenvalue weighted by atomic mass is 10.0. The maximum atomic E-state index is 12.8. The Morgan fingerprint density at radius 1 is 1.16 bits per heavy atom. The molecule has 9 heteroatoms. The molecular weight excluding hydrogens is 418 g/mol. The number of sulfonamides is 1. The van der Waals surface area contributed by atoms with Crippen LogP contribution in [0.1, 0.15) is 31.4 Å². The van der Waals surface area contributed by atoms with Crippen LogP contribution in [0, 0.1) is 6.92 Å². The molecule has 0 aromatic heterocycles. The SMILES string of the molecule is Cc1ccc2c(c1)N(CCC(=O)NCCc1ccc(S(N)(=O)=O)cc1)C(=O)C(C)(C)O2. The van der Waals surface area contributed by atoms with Crippen LogP contribution in [0.4, 0.5) is 5.69 Å². The van der Waals surface area contributed by atoms with E-state index in [1.165, 1.54) is 12.1 Å². The molecule has 0 bridgehead atoms. The van der Waals surface area contributed by atoms with Gasteiger partial charge in [0, 0.05) is 19.5 Å². The molecule has 0 saturated heterocycles. The normalized spacial score (nSPS) is 15.2. The number of primary sulfonamides is 1. The predicted molar refractivity (Wildman–Crippen MR) is 117 cm³/mol. The highest BCUT2D eigenvalue weighted by molar-refractivity contribution is 7.89. The molecule has 166 valence electrons. The molecule has 0 unspecified atom stereocenters. The molecule has 1 aliphatic heterocycles. The Labute approximate surface area is 182 Å². The molecule has 0 radical (unpaired) electrons. The Balaban J connectivity index is 1.56. The van der Waals surface area contributed by atoms with E-state index in [2.05, 4.69) is 5.32 Å². The van der Waals surface area contributed by atoms with E-state index >= 15 is 0 Å². The van der Waals surface area contributed by atoms with Crippen molar-refractivity contribution in [2.24, 2.45) is 5.14 Å². The van der Waals surface area contributed by atoms with Gasteiger partial charge in [-0.05, 0) is 62.6 Å². The molecular formula is C22H27N3O5S. The highest BCUT2D eigenvalue weighted by Gasteiger charge is 2.40. The fourth-order valence-corrected chi connectivity index (χ4v) is 3.91. The van der Waals surface area contributed by atoms with Gasteiger partial charge in [0.15, 0.2) is 5.60 Å². The van der Waals surface area contributed by atoms with E-state index in [0.29, 0.717) is 24.4 Å². The number of amides is 2. The number of hydrogen-bond donors (Lipinski definition) is 2. The molecule has 2 aromatic rings. The van der Waals surface area contributed by atoms with Gasteiger partial charge in [0.05, 0.1) is 10.6 Å². The van der Waals surface area contributed by atoms with Crippen LogP contribution < -0.4 is 20.1 Å². The minimum absolute atomic E-state index is 0.0499. The minimum atomic E-state index is -3.72. The summed E-state index contributed by atoms with van der Waals surface area (Å²) in [6.07, 6.45) is 0.696. The quantitative estimate of drug-likeness (QED) is 0.675. The standard InChI is InChI=1S/C22H27N3O5S/c1-15-4-9-19-18(14-15)25(21(27)22(2,3)30-19)13-11-20(26)24-12-10-16-5-7-17(8-6-16)31(23,28)29/h4-9,14H,10-13H2,1-3H3,(H,24,26)(H2,23,28,29). The zero-order valence-electron chi connectivity index (χ0n) is 17.8. The number of aryl methyl sites for hydroxylation is 1. The molecule has 1 aliphatic rings. The van der Waals surface area contributed by atoms with Gasteiger partial charge < -0.3 is 15.0 Å². The Morgan fingerprint density at radius 3 is 2.48 bits per heavy atom. The molecule has 8 nitrogen and oxygen atoms in total. The van der Waals surface area contributed by atoms with E-state index in [1.54, 1.807) is 30.9 Å². The van der Waals surface area contributed by atoms with Gasteiger partial charge in [-0.1, -0.05) is 18.2 Å². The Kier molecular flexibility index (Phi) is 6.38. The summed E-state index contributed by atoms with van der Waals surface area (Å²) in [5.41, 5.74) is 1.55. The first-order chi connectivity index (χ1) is 14.5. The fourth-order valence-electron chi connectivity index (χ4n) is 3.39. The third kappa shape index (κ3) is 5.42. The van der Waals surface area contributed by atoms with Crippen molar-refractivity contribution >= 4 is 27.5 Å². The van der Waals surface area contributed by atoms with Gasteiger partial charge in [-0.15, -0.1) is 0 Å². The van der Waals surface area contributed by atoms with Crippen LogP contribution >= 0.6 is 0 Å². The number of rotatable bonds is 7. The predicted octanol–water partition coefficient (Wildman–Crippen LogP) is 1.90. The molecule has 31 heavy (non-hydrogen) atoms. The molecule has 0 atom stereocenters. The summed E-state index contributed by atoms with van der Waals surface area (Å²) >= 11 is 0. The lowest BCUT2D eigenvalue weighted by Crippen LogP contribution is -2.53. The summed E-state index contributed by atoms with van der Waals surface area (Å²) in [6, 6.07) is 11.9. The number of nitrogens with zero attached hydrogens (tertiary/aromatic N) is 1. The van der Waals surface area contributed by atoms with Crippen molar-refractivity contribution in [3.8, 4) is 5.75 Å². The van der Waals surface area contributed by atoms with E-state index in [9.17, 15) is 18.0 Å². The summed E-state index contributed by atoms with van der Waals surface area (Å²) in [5, 5.41) is 7.92. The first-order valence-electron chi connectivity index (χ1n) is 9.97. The largest absolute Gasteiger partial charge is 0.476 e. The van der Waals surface area contributed by atoms with Crippen LogP contribution in [0.5, 0.6) is 5.75 Å². The van der Waals surface area contributed by atoms with Crippen molar-refractivity contribution in [2.75, 3.05) is 18.0 Å². The van der Waals surface area contributed by atoms with Crippen molar-refractivity contribution in [3.05, 3.63) is 53.6 Å². The molecule has 0 saturated carbocycles. The summed E-state index contributed by atoms with van der Waals surface area (Å²) in [4.78, 5) is 26.8. The lowest BCUT2D eigenvalue weighted by molar-refractivity contribution is -0.132. The number of nitrogens with one attached hydrogen (secondary N) is 1. The number of ether oxygens (including phenoxy) is 1. The molecule has 3 rings (SSSR count). The fraction of sp³-hybridized carbons (Fsp3) is 0.364. The van der Waals surface area contributed by atoms with Crippen LogP contribution in [0.15, 0.2) is 47.4 Å². The van der Waals surface area contributed by atoms with Gasteiger partial charge in [-0.2, -0.15) is 0 Å². The zero-order valence-corrected chi connectivity index (χ0v) is 18.7. The number of anilines is 1. The van der Waals surface area contributed by atoms with Crippen molar-refractivity contribution in [1.29, 1.82) is 0 Å². The van der Waals surface area contributed by atoms with E-state index in [-0.39, 0.29) is 29.7 Å². The number of benzene rings is 2. The maximum absolute atomic E-state index is 12.8. The van der Waals surface area contributed by atoms with E-state index in [4.69, 9.17) is 9.88 Å². The van der Waals surface area contributed by atoms with Gasteiger partial charge in [-0.3, -0.25) is 9.59 Å². The average Bonchev–Trinajstić information content (AvgIpc) is 2.68. The first kappa shape index (κ1) is 22.8. The van der Waals surface area contributed by atoms with Crippen LogP contribution in [-0.4, -0.2) is 38.9 Å². The molecule has 0 aliphatic carbocycles. The third-order valence-electron chi connectivity index (χ3n) is 5.08. The number of nitrogens with two attached hydrogens (primary N) is 1. The Hall–Kier alpha value is -2.91. The smallest absolute Gasteiger partial charge is 0.270 e. The molecule has 2 aromatic carbocycles. The van der Waals surface area contributed by atoms with Crippen molar-refractivity contribution in [2.45, 2.75) is 44.1 Å². The highest BCUT2D eigenvalue weighted by atomic mass is 32.2. The number of carbonyl (C=O) groups excluding carboxylic acids is 2. The van der Waals surface area contributed by atoms with Gasteiger partial charge in [0.1, 0.15) is 5.75 Å². The van der Waals surface area contributed by atoms with Crippen LogP contribution in [-0.2, 0) is 26.0 Å². The van der Waals surface area contributed by atoms with Crippen molar-refractivity contribution in [3.63, 3.8) is 0 Å². The van der Waals surface area contributed by atoms with Gasteiger partial charge in [-0.25, -0.2) is 13.6 Å². The molecule has 2 amide bonds. The van der Waals surface area contributed by atoms with Gasteiger partial charge >= 0.3 is 0 Å². The summed E-state index contributed by atoms with van der Waals surface area (Å²) in [6.45, 7) is 6.01. The second-order valence-corrected chi connectivity index (χ2v) is 9.64. The minimum Gasteiger partial charge on any atom is -0.476 e. The van der Waals surface area contributed by atoms with Crippen molar-refractivity contribution < 1.29 is 22.7 Å². The second-order valence-electron chi connectivity index (χ2n) is 8.08. The number of hydrogen-bond acceptors (Lipinski definition) is 5. The monoisotopic (exact) mass is 445 g/mol. The Bertz CT molecular complexity index is 1090. The van der Waals surface area contributed by atoms with Crippen LogP contribution in [0.25, 0.3) is 0 Å². The number of carbonyl (C=O) groups is 2. The second kappa shape index (κ2) is 8.68. The zero-order chi connectivity index (χ0) is 22.8. The van der Waals surface area contributed by atoms with E-state index in [1.807, 2.05) is 25.1 Å². The topological polar surface area (TPSA) is 119 Å².